The lowest BCUT2D eigenvalue weighted by molar-refractivity contribution is -0.133. The van der Waals surface area contributed by atoms with Gasteiger partial charge in [-0.3, -0.25) is 19.5 Å². The van der Waals surface area contributed by atoms with E-state index in [-0.39, 0.29) is 12.5 Å². The van der Waals surface area contributed by atoms with Gasteiger partial charge in [-0.05, 0) is 6.42 Å². The summed E-state index contributed by atoms with van der Waals surface area (Å²) in [4.78, 5) is 21.0. The van der Waals surface area contributed by atoms with Gasteiger partial charge in [-0.15, -0.1) is 0 Å². The van der Waals surface area contributed by atoms with Crippen LogP contribution in [0.3, 0.4) is 0 Å². The zero-order chi connectivity index (χ0) is 17.7. The Morgan fingerprint density at radius 1 is 0.960 bits per heavy atom. The van der Waals surface area contributed by atoms with Crippen molar-refractivity contribution in [1.82, 2.24) is 19.6 Å². The van der Waals surface area contributed by atoms with Crippen molar-refractivity contribution in [2.75, 3.05) is 91.8 Å². The monoisotopic (exact) mass is 356 g/mol. The smallest absolute Gasteiger partial charge is 0.236 e. The van der Waals surface area contributed by atoms with Crippen LogP contribution in [0.4, 0.5) is 0 Å². The average molecular weight is 356 g/mol. The highest BCUT2D eigenvalue weighted by Crippen LogP contribution is 2.23. The quantitative estimate of drug-likeness (QED) is 0.564. The maximum Gasteiger partial charge on any atom is 0.236 e. The van der Waals surface area contributed by atoms with Crippen LogP contribution in [0.5, 0.6) is 0 Å². The van der Waals surface area contributed by atoms with Crippen LogP contribution >= 0.6 is 0 Å². The van der Waals surface area contributed by atoms with Crippen LogP contribution in [0, 0.1) is 0 Å². The van der Waals surface area contributed by atoms with E-state index in [2.05, 4.69) is 14.7 Å². The summed E-state index contributed by atoms with van der Waals surface area (Å²) in [6, 6.07) is 0. The lowest BCUT2D eigenvalue weighted by atomic mass is 10.0. The molecule has 0 aromatic heterocycles. The fourth-order valence-electron chi connectivity index (χ4n) is 3.98. The molecule has 3 aliphatic rings. The number of nitrogens with zero attached hydrogens (tertiary/aromatic N) is 4. The fourth-order valence-corrected chi connectivity index (χ4v) is 3.98. The normalized spacial score (nSPS) is 30.1. The number of piperazine rings is 1. The van der Waals surface area contributed by atoms with Crippen molar-refractivity contribution in [3.63, 3.8) is 0 Å². The van der Waals surface area contributed by atoms with Gasteiger partial charge in [0.2, 0.25) is 5.91 Å². The van der Waals surface area contributed by atoms with Crippen molar-refractivity contribution in [3.8, 4) is 0 Å². The third-order valence-electron chi connectivity index (χ3n) is 5.55. The topological polar surface area (TPSA) is 79.7 Å². The average Bonchev–Trinajstić information content (AvgIpc) is 3.00. The Balaban J connectivity index is 1.41. The molecule has 1 atom stereocenters. The number of hydrogen-bond acceptors (Lipinski definition) is 7. The summed E-state index contributed by atoms with van der Waals surface area (Å²) in [6.45, 7) is 9.71. The molecule has 3 saturated heterocycles. The van der Waals surface area contributed by atoms with Gasteiger partial charge in [0.15, 0.2) is 0 Å². The standard InChI is InChI=1S/C17H32N4O4/c22-10-7-18-3-5-19(6-4-18)13-16(23)21-2-1-17(24,15-21)14-20-8-11-25-12-9-20/h22,24H,1-15H2. The van der Waals surface area contributed by atoms with Gasteiger partial charge in [0.1, 0.15) is 0 Å². The summed E-state index contributed by atoms with van der Waals surface area (Å²) in [5, 5.41) is 19.8. The van der Waals surface area contributed by atoms with Gasteiger partial charge in [-0.1, -0.05) is 0 Å². The molecule has 0 aromatic rings. The second kappa shape index (κ2) is 8.75. The van der Waals surface area contributed by atoms with E-state index in [9.17, 15) is 9.90 Å². The Labute approximate surface area is 149 Å². The zero-order valence-corrected chi connectivity index (χ0v) is 15.1. The molecule has 0 aromatic carbocycles. The van der Waals surface area contributed by atoms with E-state index in [0.29, 0.717) is 39.1 Å². The molecule has 1 amide bonds. The number of morpholine rings is 1. The fraction of sp³-hybridized carbons (Fsp3) is 0.941. The highest BCUT2D eigenvalue weighted by Gasteiger charge is 2.39. The third kappa shape index (κ3) is 5.35. The summed E-state index contributed by atoms with van der Waals surface area (Å²) >= 11 is 0. The Hall–Kier alpha value is -0.770. The molecule has 1 unspecified atom stereocenters. The first-order chi connectivity index (χ1) is 12.1. The van der Waals surface area contributed by atoms with Gasteiger partial charge in [0.05, 0.1) is 38.5 Å². The number of rotatable bonds is 6. The van der Waals surface area contributed by atoms with Crippen LogP contribution in [0.2, 0.25) is 0 Å². The minimum atomic E-state index is -0.785. The number of likely N-dealkylation sites (tertiary alicyclic amines) is 1. The molecule has 8 heteroatoms. The number of β-amino-alcohol motifs (C(OH)–C–C–N with tert-alkyl or cyclic N) is 2. The number of ether oxygens (including phenoxy) is 1. The Bertz CT molecular complexity index is 438. The zero-order valence-electron chi connectivity index (χ0n) is 15.1. The molecule has 3 heterocycles. The van der Waals surface area contributed by atoms with Crippen LogP contribution in [0.25, 0.3) is 0 Å². The number of carbonyl (C=O) groups is 1. The number of aliphatic hydroxyl groups is 2. The lowest BCUT2D eigenvalue weighted by Gasteiger charge is -2.35. The molecule has 0 bridgehead atoms. The molecule has 8 nitrogen and oxygen atoms in total. The van der Waals surface area contributed by atoms with Gasteiger partial charge < -0.3 is 19.8 Å². The minimum Gasteiger partial charge on any atom is -0.395 e. The summed E-state index contributed by atoms with van der Waals surface area (Å²) in [5.41, 5.74) is -0.785. The van der Waals surface area contributed by atoms with Gasteiger partial charge in [-0.2, -0.15) is 0 Å². The van der Waals surface area contributed by atoms with E-state index in [0.717, 1.165) is 52.5 Å². The third-order valence-corrected chi connectivity index (χ3v) is 5.55. The molecular formula is C17H32N4O4. The van der Waals surface area contributed by atoms with Crippen molar-refractivity contribution in [2.24, 2.45) is 0 Å². The van der Waals surface area contributed by atoms with E-state index >= 15 is 0 Å². The van der Waals surface area contributed by atoms with Crippen molar-refractivity contribution in [2.45, 2.75) is 12.0 Å². The van der Waals surface area contributed by atoms with Gasteiger partial charge in [-0.25, -0.2) is 0 Å². The van der Waals surface area contributed by atoms with Gasteiger partial charge >= 0.3 is 0 Å². The molecule has 25 heavy (non-hydrogen) atoms. The highest BCUT2D eigenvalue weighted by atomic mass is 16.5. The lowest BCUT2D eigenvalue weighted by Crippen LogP contribution is -2.51. The predicted octanol–water partition coefficient (Wildman–Crippen LogP) is -2.11. The summed E-state index contributed by atoms with van der Waals surface area (Å²) in [7, 11) is 0. The first kappa shape index (κ1) is 19.0. The molecular weight excluding hydrogens is 324 g/mol. The Kier molecular flexibility index (Phi) is 6.65. The maximum atomic E-state index is 12.6. The maximum absolute atomic E-state index is 12.6. The molecule has 3 rings (SSSR count). The van der Waals surface area contributed by atoms with Crippen LogP contribution in [0.1, 0.15) is 6.42 Å². The largest absolute Gasteiger partial charge is 0.395 e. The van der Waals surface area contributed by atoms with Crippen molar-refractivity contribution in [1.29, 1.82) is 0 Å². The molecule has 0 radical (unpaired) electrons. The first-order valence-corrected chi connectivity index (χ1v) is 9.44. The van der Waals surface area contributed by atoms with Gasteiger partial charge in [0.25, 0.3) is 0 Å². The molecule has 0 aliphatic carbocycles. The van der Waals surface area contributed by atoms with E-state index in [1.807, 2.05) is 4.90 Å². The summed E-state index contributed by atoms with van der Waals surface area (Å²) < 4.78 is 5.35. The van der Waals surface area contributed by atoms with Crippen LogP contribution in [-0.2, 0) is 9.53 Å². The van der Waals surface area contributed by atoms with Crippen LogP contribution in [-0.4, -0.2) is 133 Å². The molecule has 0 saturated carbocycles. The Morgan fingerprint density at radius 2 is 1.64 bits per heavy atom. The van der Waals surface area contributed by atoms with Crippen LogP contribution < -0.4 is 0 Å². The SMILES string of the molecule is O=C(CN1CCN(CCO)CC1)N1CCC(O)(CN2CCOCC2)C1. The van der Waals surface area contributed by atoms with E-state index in [1.54, 1.807) is 0 Å². The predicted molar refractivity (Wildman–Crippen MR) is 93.4 cm³/mol. The molecule has 2 N–H and O–H groups in total. The van der Waals surface area contributed by atoms with Crippen molar-refractivity contribution in [3.05, 3.63) is 0 Å². The van der Waals surface area contributed by atoms with E-state index in [4.69, 9.17) is 9.84 Å². The molecule has 144 valence electrons. The van der Waals surface area contributed by atoms with E-state index in [1.165, 1.54) is 0 Å². The number of carbonyl (C=O) groups excluding carboxylic acids is 1. The van der Waals surface area contributed by atoms with Crippen molar-refractivity contribution >= 4 is 5.91 Å². The molecule has 3 aliphatic heterocycles. The molecule has 3 fully saturated rings. The number of aliphatic hydroxyl groups excluding tert-OH is 1. The second-order valence-corrected chi connectivity index (χ2v) is 7.52. The molecule has 0 spiro atoms. The van der Waals surface area contributed by atoms with Crippen LogP contribution in [0.15, 0.2) is 0 Å². The van der Waals surface area contributed by atoms with Crippen molar-refractivity contribution < 1.29 is 19.7 Å². The van der Waals surface area contributed by atoms with E-state index < -0.39 is 5.60 Å². The van der Waals surface area contributed by atoms with Gasteiger partial charge in [0, 0.05) is 58.9 Å². The Morgan fingerprint density at radius 3 is 2.32 bits per heavy atom. The summed E-state index contributed by atoms with van der Waals surface area (Å²) in [6.07, 6.45) is 0.653. The number of amides is 1. The summed E-state index contributed by atoms with van der Waals surface area (Å²) in [5.74, 6) is 0.119. The minimum absolute atomic E-state index is 0.119. The second-order valence-electron chi connectivity index (χ2n) is 7.52. The first-order valence-electron chi connectivity index (χ1n) is 9.44. The highest BCUT2D eigenvalue weighted by molar-refractivity contribution is 5.78. The number of hydrogen-bond donors (Lipinski definition) is 2.